The minimum atomic E-state index is -0.696. The number of hydrogen-bond acceptors (Lipinski definition) is 3. The van der Waals surface area contributed by atoms with Crippen LogP contribution in [0.25, 0.3) is 10.9 Å². The van der Waals surface area contributed by atoms with Gasteiger partial charge in [0, 0.05) is 11.1 Å². The van der Waals surface area contributed by atoms with Gasteiger partial charge in [-0.3, -0.25) is 14.7 Å². The Morgan fingerprint density at radius 1 is 1.00 bits per heavy atom. The summed E-state index contributed by atoms with van der Waals surface area (Å²) in [5.41, 5.74) is 2.87. The number of fused-ring (bicyclic) bond motifs is 1. The van der Waals surface area contributed by atoms with Gasteiger partial charge in [0.05, 0.1) is 5.52 Å². The van der Waals surface area contributed by atoms with Gasteiger partial charge in [-0.25, -0.2) is 0 Å². The summed E-state index contributed by atoms with van der Waals surface area (Å²) in [7, 11) is 0. The van der Waals surface area contributed by atoms with Crippen LogP contribution >= 0.6 is 0 Å². The third kappa shape index (κ3) is 3.59. The first-order valence-electron chi connectivity index (χ1n) is 8.61. The van der Waals surface area contributed by atoms with E-state index in [1.165, 1.54) is 0 Å². The van der Waals surface area contributed by atoms with Crippen molar-refractivity contribution in [3.05, 3.63) is 59.8 Å². The number of para-hydroxylation sites is 2. The molecule has 3 aromatic rings. The van der Waals surface area contributed by atoms with Crippen molar-refractivity contribution in [2.24, 2.45) is 0 Å². The molecule has 0 saturated heterocycles. The Hall–Kier alpha value is -3.15. The van der Waals surface area contributed by atoms with Crippen molar-refractivity contribution < 1.29 is 9.59 Å². The van der Waals surface area contributed by atoms with E-state index in [0.29, 0.717) is 0 Å². The zero-order chi connectivity index (χ0) is 18.7. The predicted octanol–water partition coefficient (Wildman–Crippen LogP) is 3.44. The number of aromatic amines is 1. The number of anilines is 1. The minimum absolute atomic E-state index is 0.272. The molecule has 3 N–H and O–H groups in total. The molecule has 0 spiro atoms. The average molecular weight is 350 g/mol. The van der Waals surface area contributed by atoms with Crippen LogP contribution in [0.1, 0.15) is 42.7 Å². The molecule has 26 heavy (non-hydrogen) atoms. The van der Waals surface area contributed by atoms with Gasteiger partial charge in [-0.15, -0.1) is 0 Å². The number of benzene rings is 2. The van der Waals surface area contributed by atoms with Crippen molar-refractivity contribution in [1.82, 2.24) is 15.5 Å². The predicted molar refractivity (Wildman–Crippen MR) is 102 cm³/mol. The van der Waals surface area contributed by atoms with Crippen LogP contribution in [0.4, 0.5) is 5.69 Å². The van der Waals surface area contributed by atoms with Crippen LogP contribution in [0, 0.1) is 0 Å². The number of hydrogen-bond donors (Lipinski definition) is 3. The van der Waals surface area contributed by atoms with Gasteiger partial charge < -0.3 is 10.6 Å². The van der Waals surface area contributed by atoms with Crippen LogP contribution in [0.3, 0.4) is 0 Å². The van der Waals surface area contributed by atoms with Crippen LogP contribution in [0.5, 0.6) is 0 Å². The molecule has 3 rings (SSSR count). The number of carbonyl (C=O) groups excluding carboxylic acids is 2. The fourth-order valence-corrected chi connectivity index (χ4v) is 2.82. The molecule has 0 saturated carbocycles. The molecule has 0 aliphatic rings. The molecule has 2 amide bonds. The number of carbonyl (C=O) groups is 2. The number of aromatic nitrogens is 2. The van der Waals surface area contributed by atoms with E-state index in [1.54, 1.807) is 6.92 Å². The topological polar surface area (TPSA) is 86.9 Å². The molecule has 6 heteroatoms. The van der Waals surface area contributed by atoms with E-state index in [2.05, 4.69) is 34.7 Å². The summed E-state index contributed by atoms with van der Waals surface area (Å²) in [5, 5.41) is 13.2. The number of amides is 2. The summed E-state index contributed by atoms with van der Waals surface area (Å²) in [4.78, 5) is 25.0. The van der Waals surface area contributed by atoms with Crippen molar-refractivity contribution in [3.63, 3.8) is 0 Å². The Morgan fingerprint density at radius 3 is 2.46 bits per heavy atom. The number of nitrogens with one attached hydrogen (secondary N) is 3. The second-order valence-electron chi connectivity index (χ2n) is 6.54. The highest BCUT2D eigenvalue weighted by atomic mass is 16.2. The Labute approximate surface area is 152 Å². The first-order valence-corrected chi connectivity index (χ1v) is 8.61. The lowest BCUT2D eigenvalue weighted by Crippen LogP contribution is -2.41. The Balaban J connectivity index is 1.71. The standard InChI is InChI=1S/C20H22N4O2/c1-12(2)14-8-4-6-10-16(14)22-19(25)13(3)21-20(26)18-15-9-5-7-11-17(15)23-24-18/h4-13H,1-3H3,(H,21,26)(H,22,25)(H,23,24). The third-order valence-corrected chi connectivity index (χ3v) is 4.27. The van der Waals surface area contributed by atoms with Crippen LogP contribution in [0.2, 0.25) is 0 Å². The molecule has 1 heterocycles. The van der Waals surface area contributed by atoms with Crippen molar-refractivity contribution in [2.75, 3.05) is 5.32 Å². The molecular formula is C20H22N4O2. The summed E-state index contributed by atoms with van der Waals surface area (Å²) in [6.07, 6.45) is 0. The second kappa shape index (κ2) is 7.39. The monoisotopic (exact) mass is 350 g/mol. The maximum atomic E-state index is 12.5. The first-order chi connectivity index (χ1) is 12.5. The van der Waals surface area contributed by atoms with Crippen LogP contribution in [-0.4, -0.2) is 28.1 Å². The molecule has 0 aliphatic heterocycles. The van der Waals surface area contributed by atoms with Crippen LogP contribution < -0.4 is 10.6 Å². The lowest BCUT2D eigenvalue weighted by molar-refractivity contribution is -0.117. The SMILES string of the molecule is CC(NC(=O)c1n[nH]c2ccccc12)C(=O)Nc1ccccc1C(C)C. The molecule has 6 nitrogen and oxygen atoms in total. The van der Waals surface area contributed by atoms with Gasteiger partial charge in [0.15, 0.2) is 5.69 Å². The normalized spacial score (nSPS) is 12.2. The largest absolute Gasteiger partial charge is 0.339 e. The molecule has 134 valence electrons. The number of H-pyrrole nitrogens is 1. The zero-order valence-electron chi connectivity index (χ0n) is 15.0. The Bertz CT molecular complexity index is 946. The molecule has 0 fully saturated rings. The molecular weight excluding hydrogens is 328 g/mol. The molecule has 2 aromatic carbocycles. The molecule has 0 bridgehead atoms. The second-order valence-corrected chi connectivity index (χ2v) is 6.54. The zero-order valence-corrected chi connectivity index (χ0v) is 15.0. The summed E-state index contributed by atoms with van der Waals surface area (Å²) in [6, 6.07) is 14.3. The van der Waals surface area contributed by atoms with E-state index in [4.69, 9.17) is 0 Å². The van der Waals surface area contributed by atoms with E-state index in [-0.39, 0.29) is 23.4 Å². The Kier molecular flexibility index (Phi) is 5.02. The highest BCUT2D eigenvalue weighted by molar-refractivity contribution is 6.07. The van der Waals surface area contributed by atoms with Gasteiger partial charge in [-0.2, -0.15) is 5.10 Å². The molecule has 0 aliphatic carbocycles. The quantitative estimate of drug-likeness (QED) is 0.659. The van der Waals surface area contributed by atoms with Gasteiger partial charge in [0.1, 0.15) is 6.04 Å². The lowest BCUT2D eigenvalue weighted by atomic mass is 10.0. The summed E-state index contributed by atoms with van der Waals surface area (Å²) in [6.45, 7) is 5.79. The van der Waals surface area contributed by atoms with Gasteiger partial charge in [-0.1, -0.05) is 50.2 Å². The fraction of sp³-hybridized carbons (Fsp3) is 0.250. The van der Waals surface area contributed by atoms with Gasteiger partial charge in [0.2, 0.25) is 5.91 Å². The van der Waals surface area contributed by atoms with Crippen molar-refractivity contribution in [3.8, 4) is 0 Å². The number of nitrogens with zero attached hydrogens (tertiary/aromatic N) is 1. The van der Waals surface area contributed by atoms with E-state index >= 15 is 0 Å². The van der Waals surface area contributed by atoms with Gasteiger partial charge in [0.25, 0.3) is 5.91 Å². The van der Waals surface area contributed by atoms with Gasteiger partial charge >= 0.3 is 0 Å². The van der Waals surface area contributed by atoms with Gasteiger partial charge in [-0.05, 0) is 30.5 Å². The van der Waals surface area contributed by atoms with Crippen LogP contribution in [-0.2, 0) is 4.79 Å². The van der Waals surface area contributed by atoms with Crippen molar-refractivity contribution in [1.29, 1.82) is 0 Å². The summed E-state index contributed by atoms with van der Waals surface area (Å²) in [5.74, 6) is -0.375. The number of rotatable bonds is 5. The summed E-state index contributed by atoms with van der Waals surface area (Å²) < 4.78 is 0. The summed E-state index contributed by atoms with van der Waals surface area (Å²) >= 11 is 0. The van der Waals surface area contributed by atoms with E-state index < -0.39 is 6.04 Å². The fourth-order valence-electron chi connectivity index (χ4n) is 2.82. The third-order valence-electron chi connectivity index (χ3n) is 4.27. The first kappa shape index (κ1) is 17.7. The molecule has 1 unspecified atom stereocenters. The van der Waals surface area contributed by atoms with E-state index in [1.807, 2.05) is 48.5 Å². The lowest BCUT2D eigenvalue weighted by Gasteiger charge is -2.17. The maximum absolute atomic E-state index is 12.5. The van der Waals surface area contributed by atoms with E-state index in [0.717, 1.165) is 22.2 Å². The molecule has 0 radical (unpaired) electrons. The van der Waals surface area contributed by atoms with Crippen molar-refractivity contribution in [2.45, 2.75) is 32.7 Å². The van der Waals surface area contributed by atoms with E-state index in [9.17, 15) is 9.59 Å². The van der Waals surface area contributed by atoms with Crippen molar-refractivity contribution >= 4 is 28.4 Å². The minimum Gasteiger partial charge on any atom is -0.339 e. The highest BCUT2D eigenvalue weighted by Gasteiger charge is 2.21. The molecule has 1 atom stereocenters. The smallest absolute Gasteiger partial charge is 0.273 e. The maximum Gasteiger partial charge on any atom is 0.273 e. The average Bonchev–Trinajstić information content (AvgIpc) is 3.06. The molecule has 1 aromatic heterocycles. The Morgan fingerprint density at radius 2 is 1.69 bits per heavy atom. The van der Waals surface area contributed by atoms with Crippen LogP contribution in [0.15, 0.2) is 48.5 Å². The highest BCUT2D eigenvalue weighted by Crippen LogP contribution is 2.23.